The van der Waals surface area contributed by atoms with Crippen LogP contribution >= 0.6 is 11.6 Å². The van der Waals surface area contributed by atoms with Gasteiger partial charge in [0.15, 0.2) is 11.0 Å². The lowest BCUT2D eigenvalue weighted by Crippen LogP contribution is -2.12. The minimum absolute atomic E-state index is 0.299. The highest BCUT2D eigenvalue weighted by molar-refractivity contribution is 6.29. The first kappa shape index (κ1) is 9.06. The molecule has 0 aliphatic heterocycles. The van der Waals surface area contributed by atoms with E-state index >= 15 is 0 Å². The normalized spacial score (nSPS) is 10.3. The molecule has 0 bridgehead atoms. The van der Waals surface area contributed by atoms with Crippen LogP contribution in [0.25, 0.3) is 0 Å². The van der Waals surface area contributed by atoms with Gasteiger partial charge in [0.1, 0.15) is 0 Å². The van der Waals surface area contributed by atoms with E-state index in [1.807, 2.05) is 13.8 Å². The number of nitrogens with zero attached hydrogens (tertiary/aromatic N) is 2. The van der Waals surface area contributed by atoms with Crippen molar-refractivity contribution in [2.75, 3.05) is 11.1 Å². The summed E-state index contributed by atoms with van der Waals surface area (Å²) in [5.41, 5.74) is 6.27. The van der Waals surface area contributed by atoms with E-state index in [2.05, 4.69) is 15.5 Å². The molecule has 0 saturated carbocycles. The van der Waals surface area contributed by atoms with Crippen LogP contribution in [0.5, 0.6) is 0 Å². The van der Waals surface area contributed by atoms with Crippen molar-refractivity contribution in [2.24, 2.45) is 0 Å². The lowest BCUT2D eigenvalue weighted by atomic mass is 10.3. The molecule has 1 aromatic rings. The van der Waals surface area contributed by atoms with E-state index in [0.717, 1.165) is 5.69 Å². The third kappa shape index (κ3) is 2.23. The SMILES string of the molecule is CC(C)Nc1cc(Cl)nnc1N. The van der Waals surface area contributed by atoms with Gasteiger partial charge in [-0.15, -0.1) is 10.2 Å². The summed E-state index contributed by atoms with van der Waals surface area (Å²) in [5.74, 6) is 0.369. The van der Waals surface area contributed by atoms with Crippen LogP contribution in [0, 0.1) is 0 Å². The summed E-state index contributed by atoms with van der Waals surface area (Å²) in [4.78, 5) is 0. The predicted octanol–water partition coefficient (Wildman–Crippen LogP) is 1.53. The van der Waals surface area contributed by atoms with Crippen LogP contribution in [-0.2, 0) is 0 Å². The van der Waals surface area contributed by atoms with Crippen LogP contribution < -0.4 is 11.1 Å². The van der Waals surface area contributed by atoms with Gasteiger partial charge in [0.25, 0.3) is 0 Å². The zero-order chi connectivity index (χ0) is 9.14. The number of nitrogen functional groups attached to an aromatic ring is 1. The summed E-state index contributed by atoms with van der Waals surface area (Å²) in [6.45, 7) is 4.02. The first-order valence-electron chi connectivity index (χ1n) is 3.65. The zero-order valence-electron chi connectivity index (χ0n) is 7.00. The molecule has 4 nitrogen and oxygen atoms in total. The molecule has 0 aromatic carbocycles. The highest BCUT2D eigenvalue weighted by Crippen LogP contribution is 2.18. The van der Waals surface area contributed by atoms with Gasteiger partial charge in [-0.25, -0.2) is 0 Å². The Morgan fingerprint density at radius 3 is 2.75 bits per heavy atom. The van der Waals surface area contributed by atoms with E-state index < -0.39 is 0 Å². The van der Waals surface area contributed by atoms with Crippen molar-refractivity contribution in [3.05, 3.63) is 11.2 Å². The second-order valence-electron chi connectivity index (χ2n) is 2.77. The number of aromatic nitrogens is 2. The molecular weight excluding hydrogens is 176 g/mol. The number of nitrogens with two attached hydrogens (primary N) is 1. The maximum Gasteiger partial charge on any atom is 0.169 e. The van der Waals surface area contributed by atoms with Gasteiger partial charge in [0.2, 0.25) is 0 Å². The number of nitrogens with one attached hydrogen (secondary N) is 1. The molecule has 0 aliphatic rings. The second kappa shape index (κ2) is 3.58. The molecule has 1 rings (SSSR count). The van der Waals surface area contributed by atoms with Crippen molar-refractivity contribution in [1.29, 1.82) is 0 Å². The molecule has 0 unspecified atom stereocenters. The molecule has 1 heterocycles. The molecule has 0 saturated heterocycles. The third-order valence-electron chi connectivity index (χ3n) is 1.24. The largest absolute Gasteiger partial charge is 0.380 e. The maximum absolute atomic E-state index is 5.63. The van der Waals surface area contributed by atoms with Gasteiger partial charge in [-0.05, 0) is 13.8 Å². The minimum Gasteiger partial charge on any atom is -0.380 e. The summed E-state index contributed by atoms with van der Waals surface area (Å²) in [6.07, 6.45) is 0. The summed E-state index contributed by atoms with van der Waals surface area (Å²) < 4.78 is 0. The Labute approximate surface area is 76.1 Å². The zero-order valence-corrected chi connectivity index (χ0v) is 7.76. The molecule has 3 N–H and O–H groups in total. The average molecular weight is 187 g/mol. The van der Waals surface area contributed by atoms with Crippen molar-refractivity contribution in [3.8, 4) is 0 Å². The van der Waals surface area contributed by atoms with Crippen LogP contribution in [-0.4, -0.2) is 16.2 Å². The maximum atomic E-state index is 5.63. The summed E-state index contributed by atoms with van der Waals surface area (Å²) in [5, 5.41) is 10.7. The first-order valence-corrected chi connectivity index (χ1v) is 4.02. The highest BCUT2D eigenvalue weighted by atomic mass is 35.5. The molecule has 66 valence electrons. The number of rotatable bonds is 2. The molecule has 0 fully saturated rings. The summed E-state index contributed by atoms with van der Waals surface area (Å²) in [7, 11) is 0. The van der Waals surface area contributed by atoms with Gasteiger partial charge < -0.3 is 11.1 Å². The lowest BCUT2D eigenvalue weighted by molar-refractivity contribution is 0.894. The lowest BCUT2D eigenvalue weighted by Gasteiger charge is -2.10. The highest BCUT2D eigenvalue weighted by Gasteiger charge is 2.03. The Balaban J connectivity index is 2.90. The number of anilines is 2. The van der Waals surface area contributed by atoms with Crippen LogP contribution in [0.3, 0.4) is 0 Å². The predicted molar refractivity (Wildman–Crippen MR) is 50.2 cm³/mol. The molecular formula is C7H11ClN4. The molecule has 0 spiro atoms. The third-order valence-corrected chi connectivity index (χ3v) is 1.42. The minimum atomic E-state index is 0.299. The van der Waals surface area contributed by atoms with Gasteiger partial charge in [0, 0.05) is 12.1 Å². The van der Waals surface area contributed by atoms with Crippen LogP contribution in [0.4, 0.5) is 11.5 Å². The van der Waals surface area contributed by atoms with Gasteiger partial charge in [-0.1, -0.05) is 11.6 Å². The van der Waals surface area contributed by atoms with Gasteiger partial charge in [-0.3, -0.25) is 0 Å². The molecule has 0 amide bonds. The van der Waals surface area contributed by atoms with Crippen LogP contribution in [0.2, 0.25) is 5.15 Å². The topological polar surface area (TPSA) is 63.8 Å². The average Bonchev–Trinajstić information content (AvgIpc) is 1.96. The van der Waals surface area contributed by atoms with Crippen molar-refractivity contribution >= 4 is 23.1 Å². The summed E-state index contributed by atoms with van der Waals surface area (Å²) >= 11 is 5.63. The van der Waals surface area contributed by atoms with E-state index in [1.165, 1.54) is 0 Å². The number of halogens is 1. The smallest absolute Gasteiger partial charge is 0.169 e. The van der Waals surface area contributed by atoms with Crippen LogP contribution in [0.15, 0.2) is 6.07 Å². The van der Waals surface area contributed by atoms with Crippen molar-refractivity contribution in [1.82, 2.24) is 10.2 Å². The van der Waals surface area contributed by atoms with E-state index in [0.29, 0.717) is 17.0 Å². The Morgan fingerprint density at radius 2 is 2.17 bits per heavy atom. The van der Waals surface area contributed by atoms with E-state index in [-0.39, 0.29) is 0 Å². The van der Waals surface area contributed by atoms with Gasteiger partial charge in [-0.2, -0.15) is 0 Å². The number of hydrogen-bond acceptors (Lipinski definition) is 4. The van der Waals surface area contributed by atoms with Crippen molar-refractivity contribution in [3.63, 3.8) is 0 Å². The van der Waals surface area contributed by atoms with E-state index in [1.54, 1.807) is 6.07 Å². The molecule has 0 radical (unpaired) electrons. The van der Waals surface area contributed by atoms with Gasteiger partial charge >= 0.3 is 0 Å². The fraction of sp³-hybridized carbons (Fsp3) is 0.429. The molecule has 0 atom stereocenters. The van der Waals surface area contributed by atoms with Crippen LogP contribution in [0.1, 0.15) is 13.8 Å². The quantitative estimate of drug-likeness (QED) is 0.736. The Morgan fingerprint density at radius 1 is 1.50 bits per heavy atom. The van der Waals surface area contributed by atoms with Crippen molar-refractivity contribution < 1.29 is 0 Å². The Kier molecular flexibility index (Phi) is 2.70. The fourth-order valence-electron chi connectivity index (χ4n) is 0.804. The Hall–Kier alpha value is -1.03. The molecule has 12 heavy (non-hydrogen) atoms. The first-order chi connectivity index (χ1) is 5.59. The monoisotopic (exact) mass is 186 g/mol. The van der Waals surface area contributed by atoms with E-state index in [4.69, 9.17) is 17.3 Å². The van der Waals surface area contributed by atoms with E-state index in [9.17, 15) is 0 Å². The molecule has 0 aliphatic carbocycles. The number of hydrogen-bond donors (Lipinski definition) is 2. The van der Waals surface area contributed by atoms with Gasteiger partial charge in [0.05, 0.1) is 5.69 Å². The molecule has 5 heteroatoms. The fourth-order valence-corrected chi connectivity index (χ4v) is 0.951. The van der Waals surface area contributed by atoms with Crippen molar-refractivity contribution in [2.45, 2.75) is 19.9 Å². The molecule has 1 aromatic heterocycles. The second-order valence-corrected chi connectivity index (χ2v) is 3.15. The Bertz CT molecular complexity index is 274. The standard InChI is InChI=1S/C7H11ClN4/c1-4(2)10-5-3-6(8)11-12-7(5)9/h3-4H,1-2H3,(H2,9,12)(H,10,11). The summed E-state index contributed by atoms with van der Waals surface area (Å²) in [6, 6.07) is 1.96.